The Kier molecular flexibility index (Phi) is 3.88. The van der Waals surface area contributed by atoms with Crippen molar-refractivity contribution in [2.75, 3.05) is 0 Å². The van der Waals surface area contributed by atoms with Crippen molar-refractivity contribution in [2.45, 2.75) is 6.18 Å². The first-order chi connectivity index (χ1) is 9.85. The summed E-state index contributed by atoms with van der Waals surface area (Å²) in [5.74, 6) is -0.494. The van der Waals surface area contributed by atoms with Crippen molar-refractivity contribution in [2.24, 2.45) is 0 Å². The van der Waals surface area contributed by atoms with Crippen LogP contribution in [-0.2, 0) is 6.18 Å². The number of benzene rings is 1. The van der Waals surface area contributed by atoms with Gasteiger partial charge in [0.2, 0.25) is 0 Å². The molecule has 0 heterocycles. The van der Waals surface area contributed by atoms with Crippen molar-refractivity contribution in [1.82, 2.24) is 0 Å². The molecule has 0 saturated carbocycles. The number of nitriles is 2. The standard InChI is InChI=1S/C14H4F3IN2O/c15-14(16,17)8-1-2-9-10(3-8)12(7(5-19)6-20)11(4-18)13(9)21/h1-4H/b11-4-. The Labute approximate surface area is 131 Å². The second-order valence-corrected chi connectivity index (χ2v) is 4.71. The number of ketones is 1. The zero-order chi connectivity index (χ0) is 15.8. The highest BCUT2D eigenvalue weighted by Crippen LogP contribution is 2.42. The third kappa shape index (κ3) is 2.45. The van der Waals surface area contributed by atoms with E-state index >= 15 is 0 Å². The number of carbonyl (C=O) groups excluding carboxylic acids is 1. The Morgan fingerprint density at radius 3 is 2.29 bits per heavy atom. The van der Waals surface area contributed by atoms with Gasteiger partial charge in [0.05, 0.1) is 5.56 Å². The van der Waals surface area contributed by atoms with Gasteiger partial charge < -0.3 is 0 Å². The van der Waals surface area contributed by atoms with Gasteiger partial charge in [0.25, 0.3) is 0 Å². The summed E-state index contributed by atoms with van der Waals surface area (Å²) < 4.78 is 39.7. The number of rotatable bonds is 0. The maximum Gasteiger partial charge on any atom is 0.416 e. The number of hydrogen-bond acceptors (Lipinski definition) is 3. The molecule has 0 spiro atoms. The summed E-state index contributed by atoms with van der Waals surface area (Å²) in [4.78, 5) is 12.1. The van der Waals surface area contributed by atoms with Gasteiger partial charge in [0.1, 0.15) is 17.7 Å². The van der Waals surface area contributed by atoms with Gasteiger partial charge >= 0.3 is 6.18 Å². The molecule has 21 heavy (non-hydrogen) atoms. The van der Waals surface area contributed by atoms with Crippen molar-refractivity contribution in [3.8, 4) is 12.1 Å². The molecule has 0 N–H and O–H groups in total. The molecule has 0 atom stereocenters. The minimum atomic E-state index is -4.57. The van der Waals surface area contributed by atoms with Gasteiger partial charge in [-0.25, -0.2) is 0 Å². The lowest BCUT2D eigenvalue weighted by Gasteiger charge is -2.08. The van der Waals surface area contributed by atoms with Gasteiger partial charge in [-0.05, 0) is 27.8 Å². The largest absolute Gasteiger partial charge is 0.416 e. The van der Waals surface area contributed by atoms with Crippen LogP contribution in [0.25, 0.3) is 5.57 Å². The molecule has 2 rings (SSSR count). The number of fused-ring (bicyclic) bond motifs is 1. The first-order valence-corrected chi connectivity index (χ1v) is 6.71. The number of allylic oxidation sites excluding steroid dienone is 3. The van der Waals surface area contributed by atoms with Gasteiger partial charge in [-0.1, -0.05) is 22.6 Å². The molecule has 0 radical (unpaired) electrons. The van der Waals surface area contributed by atoms with Crippen LogP contribution in [0.1, 0.15) is 21.5 Å². The zero-order valence-electron chi connectivity index (χ0n) is 10.1. The summed E-state index contributed by atoms with van der Waals surface area (Å²) in [5.41, 5.74) is -1.27. The van der Waals surface area contributed by atoms with Crippen LogP contribution in [0.2, 0.25) is 0 Å². The van der Waals surface area contributed by atoms with Gasteiger partial charge in [0.15, 0.2) is 5.78 Å². The highest BCUT2D eigenvalue weighted by Gasteiger charge is 2.36. The number of alkyl halides is 3. The van der Waals surface area contributed by atoms with Crippen LogP contribution in [0, 0.1) is 22.7 Å². The van der Waals surface area contributed by atoms with E-state index in [2.05, 4.69) is 0 Å². The molecule has 3 nitrogen and oxygen atoms in total. The van der Waals surface area contributed by atoms with E-state index in [-0.39, 0.29) is 27.8 Å². The molecule has 1 aliphatic rings. The molecular formula is C14H4F3IN2O. The average molecular weight is 400 g/mol. The minimum Gasteiger partial charge on any atom is -0.289 e. The van der Waals surface area contributed by atoms with E-state index in [0.29, 0.717) is 0 Å². The van der Waals surface area contributed by atoms with Gasteiger partial charge in [-0.2, -0.15) is 23.7 Å². The van der Waals surface area contributed by atoms with Gasteiger partial charge in [-0.15, -0.1) is 0 Å². The molecule has 7 heteroatoms. The zero-order valence-corrected chi connectivity index (χ0v) is 12.3. The van der Waals surface area contributed by atoms with Crippen LogP contribution in [0.5, 0.6) is 0 Å². The second-order valence-electron chi connectivity index (χ2n) is 4.08. The van der Waals surface area contributed by atoms with Crippen LogP contribution in [-0.4, -0.2) is 5.78 Å². The Morgan fingerprint density at radius 1 is 1.19 bits per heavy atom. The van der Waals surface area contributed by atoms with Crippen LogP contribution in [0.4, 0.5) is 13.2 Å². The molecule has 0 bridgehead atoms. The smallest absolute Gasteiger partial charge is 0.289 e. The molecule has 0 saturated heterocycles. The number of hydrogen-bond donors (Lipinski definition) is 0. The lowest BCUT2D eigenvalue weighted by atomic mass is 9.99. The van der Waals surface area contributed by atoms with Gasteiger partial charge in [-0.3, -0.25) is 4.79 Å². The highest BCUT2D eigenvalue weighted by molar-refractivity contribution is 14.1. The number of halogens is 4. The molecule has 1 aliphatic carbocycles. The average Bonchev–Trinajstić information content (AvgIpc) is 2.72. The molecule has 0 aromatic heterocycles. The van der Waals surface area contributed by atoms with Crippen molar-refractivity contribution in [3.05, 3.63) is 50.1 Å². The Morgan fingerprint density at radius 2 is 1.81 bits per heavy atom. The van der Waals surface area contributed by atoms with Gasteiger partial charge in [0, 0.05) is 16.7 Å². The fourth-order valence-corrected chi connectivity index (χ4v) is 2.63. The van der Waals surface area contributed by atoms with E-state index in [0.717, 1.165) is 18.2 Å². The summed E-state index contributed by atoms with van der Waals surface area (Å²) in [6.45, 7) is 0. The second kappa shape index (κ2) is 5.34. The normalized spacial score (nSPS) is 15.6. The van der Waals surface area contributed by atoms with Crippen molar-refractivity contribution in [3.63, 3.8) is 0 Å². The lowest BCUT2D eigenvalue weighted by Crippen LogP contribution is -2.05. The third-order valence-corrected chi connectivity index (χ3v) is 3.58. The fraction of sp³-hybridized carbons (Fsp3) is 0.0714. The summed E-state index contributed by atoms with van der Waals surface area (Å²) in [6.07, 6.45) is -4.57. The molecule has 0 fully saturated rings. The number of nitrogens with zero attached hydrogens (tertiary/aromatic N) is 2. The van der Waals surface area contributed by atoms with Crippen LogP contribution in [0.15, 0.2) is 33.4 Å². The number of carbonyl (C=O) groups is 1. The Bertz CT molecular complexity index is 776. The SMILES string of the molecule is N#CC(C#N)=C1/C(=C/I)C(=O)c2ccc(C(F)(F)F)cc21. The van der Waals surface area contributed by atoms with E-state index < -0.39 is 17.5 Å². The number of Topliss-reactive ketones (excluding diaryl/α,β-unsaturated/α-hetero) is 1. The highest BCUT2D eigenvalue weighted by atomic mass is 127. The van der Waals surface area contributed by atoms with E-state index in [1.165, 1.54) is 4.08 Å². The van der Waals surface area contributed by atoms with Crippen LogP contribution < -0.4 is 0 Å². The minimum absolute atomic E-state index is 0.0316. The molecule has 0 aliphatic heterocycles. The predicted molar refractivity (Wildman–Crippen MR) is 76.0 cm³/mol. The molecule has 1 aromatic rings. The summed E-state index contributed by atoms with van der Waals surface area (Å²) in [5, 5.41) is 17.9. The van der Waals surface area contributed by atoms with Crippen molar-refractivity contribution >= 4 is 33.9 Å². The lowest BCUT2D eigenvalue weighted by molar-refractivity contribution is -0.137. The molecule has 0 unspecified atom stereocenters. The Balaban J connectivity index is 2.85. The van der Waals surface area contributed by atoms with Crippen molar-refractivity contribution < 1.29 is 18.0 Å². The summed E-state index contributed by atoms with van der Waals surface area (Å²) >= 11 is 1.75. The van der Waals surface area contributed by atoms with E-state index in [1.807, 2.05) is 0 Å². The molecule has 104 valence electrons. The fourth-order valence-electron chi connectivity index (χ4n) is 2.04. The molecular weight excluding hydrogens is 396 g/mol. The van der Waals surface area contributed by atoms with E-state index in [1.54, 1.807) is 34.7 Å². The quantitative estimate of drug-likeness (QED) is 0.376. The first kappa shape index (κ1) is 15.3. The van der Waals surface area contributed by atoms with E-state index in [4.69, 9.17) is 10.5 Å². The van der Waals surface area contributed by atoms with Crippen LogP contribution >= 0.6 is 22.6 Å². The topological polar surface area (TPSA) is 64.7 Å². The maximum absolute atomic E-state index is 12.8. The Hall–Kier alpha value is -2.13. The van der Waals surface area contributed by atoms with Crippen LogP contribution in [0.3, 0.4) is 0 Å². The third-order valence-electron chi connectivity index (χ3n) is 2.96. The maximum atomic E-state index is 12.8. The predicted octanol–water partition coefficient (Wildman–Crippen LogP) is 4.02. The molecule has 0 amide bonds. The first-order valence-electron chi connectivity index (χ1n) is 5.46. The summed E-state index contributed by atoms with van der Waals surface area (Å²) in [6, 6.07) is 5.91. The summed E-state index contributed by atoms with van der Waals surface area (Å²) in [7, 11) is 0. The van der Waals surface area contributed by atoms with Crippen molar-refractivity contribution in [1.29, 1.82) is 10.5 Å². The van der Waals surface area contributed by atoms with E-state index in [9.17, 15) is 18.0 Å². The molecule has 1 aromatic carbocycles. The monoisotopic (exact) mass is 400 g/mol.